The molecule has 0 spiro atoms. The molecular formula is C17H20N2S. The van der Waals surface area contributed by atoms with Crippen molar-refractivity contribution in [1.82, 2.24) is 9.78 Å². The molecule has 104 valence electrons. The number of aromatic nitrogens is 2. The summed E-state index contributed by atoms with van der Waals surface area (Å²) in [4.78, 5) is 1.31. The molecule has 0 unspecified atom stereocenters. The van der Waals surface area contributed by atoms with Crippen molar-refractivity contribution in [2.45, 2.75) is 18.2 Å². The Hall–Kier alpha value is -1.74. The van der Waals surface area contributed by atoms with E-state index < -0.39 is 0 Å². The molecule has 0 saturated heterocycles. The van der Waals surface area contributed by atoms with Gasteiger partial charge in [0.15, 0.2) is 0 Å². The summed E-state index contributed by atoms with van der Waals surface area (Å²) < 4.78 is 1.86. The summed E-state index contributed by atoms with van der Waals surface area (Å²) in [6.45, 7) is 9.81. The number of hydrogen-bond acceptors (Lipinski definition) is 2. The molecule has 0 aliphatic carbocycles. The lowest BCUT2D eigenvalue weighted by Crippen LogP contribution is -1.93. The van der Waals surface area contributed by atoms with Crippen LogP contribution in [-0.4, -0.2) is 15.5 Å². The molecule has 0 N–H and O–H groups in total. The molecule has 0 saturated carbocycles. The van der Waals surface area contributed by atoms with Gasteiger partial charge in [0.2, 0.25) is 0 Å². The van der Waals surface area contributed by atoms with E-state index in [-0.39, 0.29) is 0 Å². The van der Waals surface area contributed by atoms with Crippen LogP contribution < -0.4 is 0 Å². The van der Waals surface area contributed by atoms with Crippen molar-refractivity contribution < 1.29 is 0 Å². The molecule has 0 bridgehead atoms. The van der Waals surface area contributed by atoms with Gasteiger partial charge in [-0.25, -0.2) is 0 Å². The molecule has 2 aromatic rings. The number of thioether (sulfide) groups is 1. The van der Waals surface area contributed by atoms with E-state index in [1.807, 2.05) is 36.5 Å². The van der Waals surface area contributed by atoms with Crippen molar-refractivity contribution in [1.29, 1.82) is 0 Å². The van der Waals surface area contributed by atoms with E-state index in [4.69, 9.17) is 0 Å². The Morgan fingerprint density at radius 2 is 2.10 bits per heavy atom. The molecular weight excluding hydrogens is 264 g/mol. The van der Waals surface area contributed by atoms with Gasteiger partial charge in [0.05, 0.1) is 5.69 Å². The monoisotopic (exact) mass is 284 g/mol. The fourth-order valence-corrected chi connectivity index (χ4v) is 2.97. The molecule has 0 aliphatic heterocycles. The zero-order valence-corrected chi connectivity index (χ0v) is 12.9. The van der Waals surface area contributed by atoms with E-state index in [9.17, 15) is 0 Å². The second-order valence-corrected chi connectivity index (χ2v) is 5.90. The van der Waals surface area contributed by atoms with Gasteiger partial charge in [-0.1, -0.05) is 30.9 Å². The Balaban J connectivity index is 2.30. The summed E-state index contributed by atoms with van der Waals surface area (Å²) in [5, 5.41) is 4.49. The van der Waals surface area contributed by atoms with Crippen LogP contribution in [0, 0.1) is 0 Å². The van der Waals surface area contributed by atoms with E-state index in [2.05, 4.69) is 48.7 Å². The second kappa shape index (κ2) is 6.62. The summed E-state index contributed by atoms with van der Waals surface area (Å²) in [6, 6.07) is 8.52. The van der Waals surface area contributed by atoms with Crippen LogP contribution in [0.2, 0.25) is 0 Å². The fourth-order valence-electron chi connectivity index (χ4n) is 2.17. The molecule has 0 fully saturated rings. The Labute approximate surface area is 125 Å². The van der Waals surface area contributed by atoms with Gasteiger partial charge in [-0.2, -0.15) is 5.10 Å². The molecule has 1 heterocycles. The Morgan fingerprint density at radius 3 is 2.80 bits per heavy atom. The number of rotatable bonds is 6. The Kier molecular flexibility index (Phi) is 4.85. The van der Waals surface area contributed by atoms with Gasteiger partial charge < -0.3 is 0 Å². The lowest BCUT2D eigenvalue weighted by atomic mass is 10.0. The molecule has 3 heteroatoms. The largest absolute Gasteiger partial charge is 0.275 e. The second-order valence-electron chi connectivity index (χ2n) is 4.84. The molecule has 0 radical (unpaired) electrons. The third kappa shape index (κ3) is 3.42. The summed E-state index contributed by atoms with van der Waals surface area (Å²) in [5.41, 5.74) is 4.58. The summed E-state index contributed by atoms with van der Waals surface area (Å²) in [6.07, 6.45) is 4.90. The van der Waals surface area contributed by atoms with E-state index in [0.29, 0.717) is 0 Å². The molecule has 1 aromatic carbocycles. The van der Waals surface area contributed by atoms with Crippen LogP contribution in [-0.2, 0) is 13.5 Å². The van der Waals surface area contributed by atoms with Gasteiger partial charge in [0.25, 0.3) is 0 Å². The average Bonchev–Trinajstić information content (AvgIpc) is 2.79. The van der Waals surface area contributed by atoms with Crippen molar-refractivity contribution in [3.63, 3.8) is 0 Å². The zero-order chi connectivity index (χ0) is 14.5. The molecule has 2 nitrogen and oxygen atoms in total. The van der Waals surface area contributed by atoms with Gasteiger partial charge in [-0.15, -0.1) is 18.3 Å². The number of allylic oxidation sites excluding steroid dienone is 1. The van der Waals surface area contributed by atoms with Crippen molar-refractivity contribution in [2.24, 2.45) is 7.05 Å². The minimum Gasteiger partial charge on any atom is -0.275 e. The summed E-state index contributed by atoms with van der Waals surface area (Å²) >= 11 is 1.82. The van der Waals surface area contributed by atoms with Gasteiger partial charge >= 0.3 is 0 Å². The SMILES string of the molecule is C=CCSc1ccccc1Cc1cn(C)nc1C(=C)C. The van der Waals surface area contributed by atoms with Gasteiger partial charge in [-0.3, -0.25) is 4.68 Å². The van der Waals surface area contributed by atoms with Crippen LogP contribution in [0.25, 0.3) is 5.57 Å². The Morgan fingerprint density at radius 1 is 1.35 bits per heavy atom. The maximum absolute atomic E-state index is 4.49. The summed E-state index contributed by atoms with van der Waals surface area (Å²) in [5.74, 6) is 0.928. The molecule has 0 atom stereocenters. The van der Waals surface area contributed by atoms with Gasteiger partial charge in [0.1, 0.15) is 0 Å². The highest BCUT2D eigenvalue weighted by molar-refractivity contribution is 7.99. The van der Waals surface area contributed by atoms with Crippen LogP contribution in [0.1, 0.15) is 23.7 Å². The lowest BCUT2D eigenvalue weighted by molar-refractivity contribution is 0.762. The van der Waals surface area contributed by atoms with Crippen LogP contribution in [0.4, 0.5) is 0 Å². The first-order chi connectivity index (χ1) is 9.61. The molecule has 0 amide bonds. The summed E-state index contributed by atoms with van der Waals surface area (Å²) in [7, 11) is 1.95. The predicted octanol–water partition coefficient (Wildman–Crippen LogP) is 4.32. The van der Waals surface area contributed by atoms with Gasteiger partial charge in [-0.05, 0) is 24.1 Å². The smallest absolute Gasteiger partial charge is 0.0909 e. The van der Waals surface area contributed by atoms with Crippen LogP contribution >= 0.6 is 11.8 Å². The third-order valence-electron chi connectivity index (χ3n) is 3.02. The standard InChI is InChI=1S/C17H20N2S/c1-5-10-20-16-9-7-6-8-14(16)11-15-12-19(4)18-17(15)13(2)3/h5-9,12H,1-2,10-11H2,3-4H3. The van der Waals surface area contributed by atoms with Crippen LogP contribution in [0.15, 0.2) is 54.6 Å². The van der Waals surface area contributed by atoms with E-state index in [1.54, 1.807) is 0 Å². The number of benzene rings is 1. The normalized spacial score (nSPS) is 10.5. The number of aryl methyl sites for hydroxylation is 1. The first-order valence-electron chi connectivity index (χ1n) is 6.62. The van der Waals surface area contributed by atoms with Crippen LogP contribution in [0.3, 0.4) is 0 Å². The topological polar surface area (TPSA) is 17.8 Å². The molecule has 0 aliphatic rings. The van der Waals surface area contributed by atoms with Crippen molar-refractivity contribution in [3.8, 4) is 0 Å². The predicted molar refractivity (Wildman–Crippen MR) is 88.1 cm³/mol. The Bertz CT molecular complexity index is 626. The first-order valence-corrected chi connectivity index (χ1v) is 7.60. The highest BCUT2D eigenvalue weighted by atomic mass is 32.2. The van der Waals surface area contributed by atoms with Crippen molar-refractivity contribution >= 4 is 17.3 Å². The molecule has 1 aromatic heterocycles. The molecule has 20 heavy (non-hydrogen) atoms. The maximum Gasteiger partial charge on any atom is 0.0909 e. The van der Waals surface area contributed by atoms with E-state index >= 15 is 0 Å². The third-order valence-corrected chi connectivity index (χ3v) is 4.13. The average molecular weight is 284 g/mol. The van der Waals surface area contributed by atoms with Crippen LogP contribution in [0.5, 0.6) is 0 Å². The van der Waals surface area contributed by atoms with E-state index in [0.717, 1.165) is 23.4 Å². The zero-order valence-electron chi connectivity index (χ0n) is 12.1. The minimum atomic E-state index is 0.885. The highest BCUT2D eigenvalue weighted by Gasteiger charge is 2.11. The quantitative estimate of drug-likeness (QED) is 0.580. The fraction of sp³-hybridized carbons (Fsp3) is 0.235. The van der Waals surface area contributed by atoms with Crippen molar-refractivity contribution in [2.75, 3.05) is 5.75 Å². The highest BCUT2D eigenvalue weighted by Crippen LogP contribution is 2.26. The van der Waals surface area contributed by atoms with Gasteiger partial charge in [0, 0.05) is 35.9 Å². The first kappa shape index (κ1) is 14.7. The van der Waals surface area contributed by atoms with Crippen molar-refractivity contribution in [3.05, 3.63) is 66.5 Å². The number of nitrogens with zero attached hydrogens (tertiary/aromatic N) is 2. The molecule has 2 rings (SSSR count). The maximum atomic E-state index is 4.49. The van der Waals surface area contributed by atoms with E-state index in [1.165, 1.54) is 16.0 Å². The lowest BCUT2D eigenvalue weighted by Gasteiger charge is -2.08. The minimum absolute atomic E-state index is 0.885. The number of hydrogen-bond donors (Lipinski definition) is 0.